The molecule has 1 aromatic rings. The molecule has 1 rings (SSSR count). The van der Waals surface area contributed by atoms with Gasteiger partial charge >= 0.3 is 0 Å². The molecular weight excluding hydrogens is 309 g/mol. The zero-order valence-electron chi connectivity index (χ0n) is 12.1. The van der Waals surface area contributed by atoms with Gasteiger partial charge in [-0.3, -0.25) is 0 Å². The molecule has 19 heavy (non-hydrogen) atoms. The van der Waals surface area contributed by atoms with Crippen molar-refractivity contribution in [2.24, 2.45) is 0 Å². The van der Waals surface area contributed by atoms with Crippen molar-refractivity contribution in [1.82, 2.24) is 5.32 Å². The number of methoxy groups -OCH3 is 1. The van der Waals surface area contributed by atoms with Gasteiger partial charge in [-0.05, 0) is 57.0 Å². The zero-order chi connectivity index (χ0) is 14.5. The zero-order valence-corrected chi connectivity index (χ0v) is 13.7. The summed E-state index contributed by atoms with van der Waals surface area (Å²) in [4.78, 5) is 0. The standard InChI is InChI=1S/C15H23BrFNO/c1-5-18-13(10-15(2,3)19-4)9-11-8-12(16)6-7-14(11)17/h6-8,13,18H,5,9-10H2,1-4H3. The maximum absolute atomic E-state index is 13.8. The van der Waals surface area contributed by atoms with E-state index in [1.54, 1.807) is 13.2 Å². The minimum absolute atomic E-state index is 0.152. The Balaban J connectivity index is 2.80. The monoisotopic (exact) mass is 331 g/mol. The number of hydrogen-bond donors (Lipinski definition) is 1. The number of halogens is 2. The molecule has 0 aliphatic carbocycles. The summed E-state index contributed by atoms with van der Waals surface area (Å²) < 4.78 is 20.2. The second-order valence-electron chi connectivity index (χ2n) is 5.36. The Morgan fingerprint density at radius 3 is 2.68 bits per heavy atom. The van der Waals surface area contributed by atoms with Gasteiger partial charge in [0.2, 0.25) is 0 Å². The highest BCUT2D eigenvalue weighted by Crippen LogP contribution is 2.21. The van der Waals surface area contributed by atoms with E-state index in [-0.39, 0.29) is 17.5 Å². The van der Waals surface area contributed by atoms with Crippen LogP contribution in [-0.2, 0) is 11.2 Å². The van der Waals surface area contributed by atoms with Gasteiger partial charge in [0, 0.05) is 17.6 Å². The highest BCUT2D eigenvalue weighted by Gasteiger charge is 2.23. The molecule has 0 heterocycles. The molecule has 2 nitrogen and oxygen atoms in total. The van der Waals surface area contributed by atoms with Crippen molar-refractivity contribution in [3.63, 3.8) is 0 Å². The van der Waals surface area contributed by atoms with Gasteiger partial charge in [-0.15, -0.1) is 0 Å². The van der Waals surface area contributed by atoms with Gasteiger partial charge in [0.25, 0.3) is 0 Å². The summed E-state index contributed by atoms with van der Waals surface area (Å²) in [6.45, 7) is 7.02. The predicted octanol–water partition coefficient (Wildman–Crippen LogP) is 3.92. The number of rotatable bonds is 7. The average Bonchev–Trinajstić information content (AvgIpc) is 2.34. The summed E-state index contributed by atoms with van der Waals surface area (Å²) in [6, 6.07) is 5.27. The largest absolute Gasteiger partial charge is 0.379 e. The Morgan fingerprint density at radius 2 is 2.11 bits per heavy atom. The Bertz CT molecular complexity index is 409. The molecule has 0 amide bonds. The highest BCUT2D eigenvalue weighted by atomic mass is 79.9. The lowest BCUT2D eigenvalue weighted by Gasteiger charge is -2.29. The Morgan fingerprint density at radius 1 is 1.42 bits per heavy atom. The molecule has 0 aromatic heterocycles. The minimum atomic E-state index is -0.213. The van der Waals surface area contributed by atoms with E-state index in [4.69, 9.17) is 4.74 Å². The number of benzene rings is 1. The van der Waals surface area contributed by atoms with Crippen molar-refractivity contribution < 1.29 is 9.13 Å². The van der Waals surface area contributed by atoms with E-state index in [2.05, 4.69) is 42.0 Å². The van der Waals surface area contributed by atoms with Crippen molar-refractivity contribution in [3.8, 4) is 0 Å². The summed E-state index contributed by atoms with van der Waals surface area (Å²) in [5.74, 6) is -0.152. The number of ether oxygens (including phenoxy) is 1. The molecule has 0 bridgehead atoms. The molecule has 0 saturated carbocycles. The van der Waals surface area contributed by atoms with E-state index in [0.717, 1.165) is 23.0 Å². The molecule has 0 radical (unpaired) electrons. The lowest BCUT2D eigenvalue weighted by Crippen LogP contribution is -2.39. The summed E-state index contributed by atoms with van der Waals surface area (Å²) in [5.41, 5.74) is 0.516. The second kappa shape index (κ2) is 7.36. The van der Waals surface area contributed by atoms with Gasteiger partial charge in [0.1, 0.15) is 5.82 Å². The first-order chi connectivity index (χ1) is 8.88. The van der Waals surface area contributed by atoms with Crippen molar-refractivity contribution in [2.75, 3.05) is 13.7 Å². The Labute approximate surface area is 123 Å². The first kappa shape index (κ1) is 16.6. The quantitative estimate of drug-likeness (QED) is 0.817. The van der Waals surface area contributed by atoms with Crippen LogP contribution in [0.3, 0.4) is 0 Å². The first-order valence-corrected chi connectivity index (χ1v) is 7.39. The minimum Gasteiger partial charge on any atom is -0.379 e. The topological polar surface area (TPSA) is 21.3 Å². The van der Waals surface area contributed by atoms with Crippen LogP contribution in [0.25, 0.3) is 0 Å². The average molecular weight is 332 g/mol. The molecule has 0 aliphatic rings. The Kier molecular flexibility index (Phi) is 6.43. The van der Waals surface area contributed by atoms with Crippen LogP contribution in [0, 0.1) is 5.82 Å². The van der Waals surface area contributed by atoms with Crippen molar-refractivity contribution in [2.45, 2.75) is 45.3 Å². The van der Waals surface area contributed by atoms with Crippen LogP contribution in [-0.4, -0.2) is 25.3 Å². The fraction of sp³-hybridized carbons (Fsp3) is 0.600. The predicted molar refractivity (Wildman–Crippen MR) is 81.0 cm³/mol. The summed E-state index contributed by atoms with van der Waals surface area (Å²) in [6.07, 6.45) is 1.50. The van der Waals surface area contributed by atoms with Gasteiger partial charge in [0.15, 0.2) is 0 Å². The molecule has 108 valence electrons. The molecule has 1 unspecified atom stereocenters. The van der Waals surface area contributed by atoms with E-state index in [1.807, 2.05) is 6.07 Å². The van der Waals surface area contributed by atoms with Crippen LogP contribution >= 0.6 is 15.9 Å². The SMILES string of the molecule is CCNC(Cc1cc(Br)ccc1F)CC(C)(C)OC. The van der Waals surface area contributed by atoms with Crippen LogP contribution in [0.2, 0.25) is 0 Å². The van der Waals surface area contributed by atoms with Gasteiger partial charge in [-0.1, -0.05) is 22.9 Å². The molecule has 1 aromatic carbocycles. The molecule has 1 N–H and O–H groups in total. The van der Waals surface area contributed by atoms with E-state index in [1.165, 1.54) is 6.07 Å². The van der Waals surface area contributed by atoms with Crippen LogP contribution in [0.1, 0.15) is 32.8 Å². The molecule has 0 aliphatic heterocycles. The lowest BCUT2D eigenvalue weighted by molar-refractivity contribution is 0.00720. The second-order valence-corrected chi connectivity index (χ2v) is 6.28. The fourth-order valence-corrected chi connectivity index (χ4v) is 2.56. The molecule has 1 atom stereocenters. The fourth-order valence-electron chi connectivity index (χ4n) is 2.15. The molecule has 0 saturated heterocycles. The van der Waals surface area contributed by atoms with Crippen molar-refractivity contribution >= 4 is 15.9 Å². The summed E-state index contributed by atoms with van der Waals surface area (Å²) >= 11 is 3.39. The van der Waals surface area contributed by atoms with E-state index in [0.29, 0.717) is 6.42 Å². The third-order valence-electron chi connectivity index (χ3n) is 3.26. The normalized spacial score (nSPS) is 13.6. The first-order valence-electron chi connectivity index (χ1n) is 6.60. The van der Waals surface area contributed by atoms with Gasteiger partial charge in [0.05, 0.1) is 5.60 Å². The van der Waals surface area contributed by atoms with E-state index >= 15 is 0 Å². The van der Waals surface area contributed by atoms with Crippen LogP contribution in [0.15, 0.2) is 22.7 Å². The number of hydrogen-bond acceptors (Lipinski definition) is 2. The molecule has 0 fully saturated rings. The van der Waals surface area contributed by atoms with Crippen LogP contribution in [0.4, 0.5) is 4.39 Å². The van der Waals surface area contributed by atoms with Gasteiger partial charge in [-0.2, -0.15) is 0 Å². The number of nitrogens with one attached hydrogen (secondary N) is 1. The van der Waals surface area contributed by atoms with Gasteiger partial charge in [-0.25, -0.2) is 4.39 Å². The van der Waals surface area contributed by atoms with Crippen LogP contribution in [0.5, 0.6) is 0 Å². The van der Waals surface area contributed by atoms with Crippen molar-refractivity contribution in [3.05, 3.63) is 34.1 Å². The van der Waals surface area contributed by atoms with Crippen LogP contribution < -0.4 is 5.32 Å². The van der Waals surface area contributed by atoms with E-state index < -0.39 is 0 Å². The smallest absolute Gasteiger partial charge is 0.126 e. The summed E-state index contributed by atoms with van der Waals surface area (Å²) in [7, 11) is 1.71. The molecule has 4 heteroatoms. The maximum Gasteiger partial charge on any atom is 0.126 e. The highest BCUT2D eigenvalue weighted by molar-refractivity contribution is 9.10. The van der Waals surface area contributed by atoms with E-state index in [9.17, 15) is 4.39 Å². The van der Waals surface area contributed by atoms with Crippen molar-refractivity contribution in [1.29, 1.82) is 0 Å². The Hall–Kier alpha value is -0.450. The lowest BCUT2D eigenvalue weighted by atomic mass is 9.93. The third kappa shape index (κ3) is 5.59. The van der Waals surface area contributed by atoms with Gasteiger partial charge < -0.3 is 10.1 Å². The maximum atomic E-state index is 13.8. The number of likely N-dealkylation sites (N-methyl/N-ethyl adjacent to an activating group) is 1. The molecule has 0 spiro atoms. The third-order valence-corrected chi connectivity index (χ3v) is 3.75. The molecular formula is C15H23BrFNO. The summed E-state index contributed by atoms with van der Waals surface area (Å²) in [5, 5.41) is 3.41.